The summed E-state index contributed by atoms with van der Waals surface area (Å²) in [5.74, 6) is -0.0210. The van der Waals surface area contributed by atoms with Gasteiger partial charge < -0.3 is 10.3 Å². The van der Waals surface area contributed by atoms with E-state index in [1.165, 1.54) is 12.3 Å². The summed E-state index contributed by atoms with van der Waals surface area (Å²) in [5, 5.41) is 21.5. The van der Waals surface area contributed by atoms with Gasteiger partial charge in [-0.2, -0.15) is 4.74 Å². The summed E-state index contributed by atoms with van der Waals surface area (Å²) >= 11 is 0. The van der Waals surface area contributed by atoms with Crippen LogP contribution >= 0.6 is 0 Å². The van der Waals surface area contributed by atoms with E-state index in [4.69, 9.17) is 0 Å². The van der Waals surface area contributed by atoms with Crippen LogP contribution in [0.1, 0.15) is 11.1 Å². The maximum Gasteiger partial charge on any atom is 0.258 e. The molecule has 0 saturated heterocycles. The van der Waals surface area contributed by atoms with Gasteiger partial charge in [0.2, 0.25) is 0 Å². The molecule has 2 rings (SSSR count). The van der Waals surface area contributed by atoms with Crippen LogP contribution in [0.25, 0.3) is 0 Å². The summed E-state index contributed by atoms with van der Waals surface area (Å²) in [4.78, 5) is 0. The van der Waals surface area contributed by atoms with E-state index in [1.54, 1.807) is 18.2 Å². The van der Waals surface area contributed by atoms with Crippen LogP contribution in [0.4, 0.5) is 5.69 Å². The van der Waals surface area contributed by atoms with Crippen LogP contribution in [-0.4, -0.2) is 16.1 Å². The van der Waals surface area contributed by atoms with Crippen LogP contribution in [0.2, 0.25) is 0 Å². The van der Waals surface area contributed by atoms with Gasteiger partial charge in [-0.25, -0.2) is 0 Å². The van der Waals surface area contributed by atoms with E-state index in [9.17, 15) is 10.3 Å². The maximum atomic E-state index is 11.9. The number of rotatable bonds is 2. The maximum absolute atomic E-state index is 11.9. The van der Waals surface area contributed by atoms with Gasteiger partial charge in [-0.1, -0.05) is 30.3 Å². The number of aromatic hydroxyl groups is 1. The molecule has 0 heterocycles. The van der Waals surface area contributed by atoms with E-state index in [1.807, 2.05) is 31.2 Å². The molecular formula is C14H13NO2. The molecule has 1 N–H and O–H groups in total. The van der Waals surface area contributed by atoms with Crippen LogP contribution in [0, 0.1) is 12.1 Å². The molecule has 0 saturated carbocycles. The molecule has 0 aliphatic heterocycles. The first-order chi connectivity index (χ1) is 8.18. The molecule has 2 aromatic rings. The Kier molecular flexibility index (Phi) is 3.10. The van der Waals surface area contributed by atoms with Gasteiger partial charge in [0.05, 0.1) is 0 Å². The van der Waals surface area contributed by atoms with Crippen molar-refractivity contribution in [3.63, 3.8) is 0 Å². The molecule has 2 aromatic carbocycles. The zero-order chi connectivity index (χ0) is 12.3. The second-order valence-electron chi connectivity index (χ2n) is 3.80. The molecule has 0 radical (unpaired) electrons. The molecule has 0 atom stereocenters. The summed E-state index contributed by atoms with van der Waals surface area (Å²) < 4.78 is 0.678. The fourth-order valence-corrected chi connectivity index (χ4v) is 1.58. The van der Waals surface area contributed by atoms with Gasteiger partial charge in [-0.3, -0.25) is 0 Å². The van der Waals surface area contributed by atoms with Crippen LogP contribution in [-0.2, 0) is 0 Å². The normalized spacial score (nSPS) is 11.5. The van der Waals surface area contributed by atoms with Crippen molar-refractivity contribution in [3.05, 3.63) is 64.9 Å². The standard InChI is InChI=1S/C14H13NO2/c1-11-6-2-3-7-12(11)10-15(17)13-8-4-5-9-14(13)16/h2-10,16H,1H3. The topological polar surface area (TPSA) is 46.3 Å². The Bertz CT molecular complexity index is 562. The average molecular weight is 227 g/mol. The van der Waals surface area contributed by atoms with Gasteiger partial charge in [-0.15, -0.1) is 0 Å². The smallest absolute Gasteiger partial charge is 0.258 e. The summed E-state index contributed by atoms with van der Waals surface area (Å²) in [7, 11) is 0. The molecule has 0 amide bonds. The van der Waals surface area contributed by atoms with Gasteiger partial charge in [0.25, 0.3) is 5.69 Å². The Morgan fingerprint density at radius 2 is 1.71 bits per heavy atom. The van der Waals surface area contributed by atoms with E-state index < -0.39 is 0 Å². The van der Waals surface area contributed by atoms with Crippen LogP contribution in [0.15, 0.2) is 48.5 Å². The molecule has 3 nitrogen and oxygen atoms in total. The third kappa shape index (κ3) is 2.45. The highest BCUT2D eigenvalue weighted by atomic mass is 16.5. The second kappa shape index (κ2) is 4.70. The lowest BCUT2D eigenvalue weighted by molar-refractivity contribution is -0.355. The van der Waals surface area contributed by atoms with Crippen LogP contribution in [0.5, 0.6) is 5.75 Å². The quantitative estimate of drug-likeness (QED) is 0.371. The van der Waals surface area contributed by atoms with Crippen LogP contribution in [0.3, 0.4) is 0 Å². The minimum atomic E-state index is -0.0210. The highest BCUT2D eigenvalue weighted by Crippen LogP contribution is 2.24. The minimum Gasteiger partial charge on any atom is -0.618 e. The lowest BCUT2D eigenvalue weighted by Gasteiger charge is -2.05. The zero-order valence-electron chi connectivity index (χ0n) is 9.50. The summed E-state index contributed by atoms with van der Waals surface area (Å²) in [6.07, 6.45) is 1.46. The highest BCUT2D eigenvalue weighted by molar-refractivity contribution is 5.79. The van der Waals surface area contributed by atoms with Crippen molar-refractivity contribution in [1.82, 2.24) is 0 Å². The first kappa shape index (κ1) is 11.2. The molecule has 3 heteroatoms. The van der Waals surface area contributed by atoms with E-state index in [2.05, 4.69) is 0 Å². The largest absolute Gasteiger partial charge is 0.618 e. The highest BCUT2D eigenvalue weighted by Gasteiger charge is 2.08. The molecule has 0 aliphatic carbocycles. The molecule has 0 unspecified atom stereocenters. The van der Waals surface area contributed by atoms with Crippen molar-refractivity contribution in [2.45, 2.75) is 6.92 Å². The van der Waals surface area contributed by atoms with Crippen molar-refractivity contribution >= 4 is 11.9 Å². The zero-order valence-corrected chi connectivity index (χ0v) is 9.50. The second-order valence-corrected chi connectivity index (χ2v) is 3.80. The van der Waals surface area contributed by atoms with Crippen LogP contribution < -0.4 is 0 Å². The average Bonchev–Trinajstić information content (AvgIpc) is 2.32. The molecule has 0 fully saturated rings. The summed E-state index contributed by atoms with van der Waals surface area (Å²) in [6.45, 7) is 1.94. The first-order valence-electron chi connectivity index (χ1n) is 5.33. The fraction of sp³-hybridized carbons (Fsp3) is 0.0714. The SMILES string of the molecule is Cc1ccccc1C=[N+]([O-])c1ccccc1O. The number of phenolic OH excluding ortho intramolecular Hbond substituents is 1. The van der Waals surface area contributed by atoms with Gasteiger partial charge in [0.15, 0.2) is 12.0 Å². The Morgan fingerprint density at radius 1 is 1.06 bits per heavy atom. The van der Waals surface area contributed by atoms with Gasteiger partial charge in [0.1, 0.15) is 0 Å². The molecular weight excluding hydrogens is 214 g/mol. The lowest BCUT2D eigenvalue weighted by Crippen LogP contribution is -2.00. The third-order valence-electron chi connectivity index (χ3n) is 2.56. The van der Waals surface area contributed by atoms with Crippen molar-refractivity contribution in [2.24, 2.45) is 0 Å². The Morgan fingerprint density at radius 3 is 2.41 bits per heavy atom. The van der Waals surface area contributed by atoms with Gasteiger partial charge in [-0.05, 0) is 24.6 Å². The molecule has 0 spiro atoms. The molecule has 0 aromatic heterocycles. The minimum absolute atomic E-state index is 0.0210. The summed E-state index contributed by atoms with van der Waals surface area (Å²) in [6, 6.07) is 14.1. The van der Waals surface area contributed by atoms with E-state index in [0.29, 0.717) is 4.74 Å². The predicted octanol–water partition coefficient (Wildman–Crippen LogP) is 2.96. The first-order valence-corrected chi connectivity index (χ1v) is 5.33. The predicted molar refractivity (Wildman–Crippen MR) is 67.7 cm³/mol. The number of para-hydroxylation sites is 2. The Labute approximate surface area is 99.9 Å². The molecule has 0 bridgehead atoms. The molecule has 17 heavy (non-hydrogen) atoms. The van der Waals surface area contributed by atoms with E-state index >= 15 is 0 Å². The number of phenols is 1. The molecule has 0 aliphatic rings. The number of nitrogens with zero attached hydrogens (tertiary/aromatic N) is 1. The van der Waals surface area contributed by atoms with Crippen molar-refractivity contribution < 1.29 is 9.85 Å². The number of hydrogen-bond acceptors (Lipinski definition) is 2. The Hall–Kier alpha value is -2.29. The van der Waals surface area contributed by atoms with E-state index in [0.717, 1.165) is 11.1 Å². The van der Waals surface area contributed by atoms with Gasteiger partial charge in [0, 0.05) is 11.6 Å². The number of hydrogen-bond donors (Lipinski definition) is 1. The molecule has 86 valence electrons. The Balaban J connectivity index is 2.42. The van der Waals surface area contributed by atoms with Crippen molar-refractivity contribution in [1.29, 1.82) is 0 Å². The van der Waals surface area contributed by atoms with Gasteiger partial charge >= 0.3 is 0 Å². The lowest BCUT2D eigenvalue weighted by atomic mass is 10.1. The number of benzene rings is 2. The van der Waals surface area contributed by atoms with Crippen molar-refractivity contribution in [2.75, 3.05) is 0 Å². The third-order valence-corrected chi connectivity index (χ3v) is 2.56. The fourth-order valence-electron chi connectivity index (χ4n) is 1.58. The number of aryl methyl sites for hydroxylation is 1. The summed E-state index contributed by atoms with van der Waals surface area (Å²) in [5.41, 5.74) is 2.10. The monoisotopic (exact) mass is 227 g/mol. The van der Waals surface area contributed by atoms with E-state index in [-0.39, 0.29) is 11.4 Å². The van der Waals surface area contributed by atoms with Crippen molar-refractivity contribution in [3.8, 4) is 5.75 Å².